The van der Waals surface area contributed by atoms with E-state index in [1.807, 2.05) is 18.2 Å². The Morgan fingerprint density at radius 2 is 2.26 bits per heavy atom. The van der Waals surface area contributed by atoms with Crippen LogP contribution in [0.25, 0.3) is 10.9 Å². The summed E-state index contributed by atoms with van der Waals surface area (Å²) in [6.45, 7) is 4.29. The average molecular weight is 440 g/mol. The Labute approximate surface area is 185 Å². The number of rotatable bonds is 4. The first kappa shape index (κ1) is 21.4. The average Bonchev–Trinajstić information content (AvgIpc) is 3.17. The molecule has 2 aromatic rings. The third kappa shape index (κ3) is 4.60. The number of anilines is 1. The van der Waals surface area contributed by atoms with Crippen LogP contribution in [0, 0.1) is 11.3 Å². The third-order valence-corrected chi connectivity index (χ3v) is 6.64. The minimum absolute atomic E-state index is 0.137. The number of pyridine rings is 1. The van der Waals surface area contributed by atoms with Crippen molar-refractivity contribution in [3.05, 3.63) is 36.0 Å². The van der Waals surface area contributed by atoms with Gasteiger partial charge in [0, 0.05) is 42.2 Å². The van der Waals surface area contributed by atoms with Crippen molar-refractivity contribution in [2.45, 2.75) is 25.4 Å². The van der Waals surface area contributed by atoms with Crippen LogP contribution >= 0.6 is 11.8 Å². The number of aromatic nitrogens is 1. The van der Waals surface area contributed by atoms with Crippen LogP contribution in [0.2, 0.25) is 0 Å². The van der Waals surface area contributed by atoms with Gasteiger partial charge < -0.3 is 19.9 Å². The van der Waals surface area contributed by atoms with Gasteiger partial charge in [-0.15, -0.1) is 11.8 Å². The topological polar surface area (TPSA) is 98.6 Å². The fraction of sp³-hybridized carbons (Fsp3) is 0.455. The van der Waals surface area contributed by atoms with Crippen molar-refractivity contribution in [3.63, 3.8) is 0 Å². The van der Waals surface area contributed by atoms with Crippen molar-refractivity contribution < 1.29 is 14.3 Å². The fourth-order valence-electron chi connectivity index (χ4n) is 3.94. The van der Waals surface area contributed by atoms with Crippen LogP contribution in [0.4, 0.5) is 5.69 Å². The van der Waals surface area contributed by atoms with E-state index in [1.54, 1.807) is 24.0 Å². The zero-order valence-corrected chi connectivity index (χ0v) is 18.2. The summed E-state index contributed by atoms with van der Waals surface area (Å²) in [6.07, 6.45) is 2.55. The molecule has 31 heavy (non-hydrogen) atoms. The lowest BCUT2D eigenvalue weighted by atomic mass is 10.1. The largest absolute Gasteiger partial charge is 0.379 e. The number of fused-ring (bicyclic) bond motifs is 1. The molecule has 9 heteroatoms. The van der Waals surface area contributed by atoms with Gasteiger partial charge in [-0.1, -0.05) is 0 Å². The van der Waals surface area contributed by atoms with Crippen molar-refractivity contribution in [1.29, 1.82) is 5.26 Å². The van der Waals surface area contributed by atoms with Gasteiger partial charge in [0.05, 0.1) is 36.2 Å². The molecule has 162 valence electrons. The summed E-state index contributed by atoms with van der Waals surface area (Å²) in [5, 5.41) is 12.6. The normalized spacial score (nSPS) is 21.5. The summed E-state index contributed by atoms with van der Waals surface area (Å²) in [5.74, 6) is 0.507. The third-order valence-electron chi connectivity index (χ3n) is 5.63. The first-order valence-corrected chi connectivity index (χ1v) is 11.5. The van der Waals surface area contributed by atoms with E-state index in [4.69, 9.17) is 10.00 Å². The number of nitrogens with zero attached hydrogens (tertiary/aromatic N) is 4. The monoisotopic (exact) mass is 439 g/mol. The Kier molecular flexibility index (Phi) is 6.59. The van der Waals surface area contributed by atoms with Gasteiger partial charge in [0.2, 0.25) is 5.91 Å². The minimum atomic E-state index is -0.432. The maximum atomic E-state index is 12.9. The van der Waals surface area contributed by atoms with E-state index in [9.17, 15) is 9.59 Å². The van der Waals surface area contributed by atoms with E-state index >= 15 is 0 Å². The van der Waals surface area contributed by atoms with Gasteiger partial charge in [-0.25, -0.2) is 0 Å². The van der Waals surface area contributed by atoms with Crippen molar-refractivity contribution in [2.75, 3.05) is 42.8 Å². The summed E-state index contributed by atoms with van der Waals surface area (Å²) in [4.78, 5) is 33.6. The summed E-state index contributed by atoms with van der Waals surface area (Å²) in [5.41, 5.74) is 2.22. The highest BCUT2D eigenvalue weighted by Gasteiger charge is 2.29. The Morgan fingerprint density at radius 1 is 1.39 bits per heavy atom. The summed E-state index contributed by atoms with van der Waals surface area (Å²) in [7, 11) is 0. The molecule has 4 rings (SSSR count). The highest BCUT2D eigenvalue weighted by molar-refractivity contribution is 7.99. The number of hydrogen-bond donors (Lipinski definition) is 1. The molecule has 2 atom stereocenters. The molecule has 0 unspecified atom stereocenters. The Bertz CT molecular complexity index is 1020. The smallest absolute Gasteiger partial charge is 0.252 e. The van der Waals surface area contributed by atoms with Crippen LogP contribution in [0.3, 0.4) is 0 Å². The van der Waals surface area contributed by atoms with Gasteiger partial charge in [0.15, 0.2) is 0 Å². The van der Waals surface area contributed by atoms with Gasteiger partial charge in [-0.05, 0) is 37.6 Å². The van der Waals surface area contributed by atoms with Crippen molar-refractivity contribution in [3.8, 4) is 6.07 Å². The summed E-state index contributed by atoms with van der Waals surface area (Å²) < 4.78 is 5.64. The lowest BCUT2D eigenvalue weighted by molar-refractivity contribution is -0.129. The van der Waals surface area contributed by atoms with E-state index < -0.39 is 6.04 Å². The zero-order valence-electron chi connectivity index (χ0n) is 17.4. The Hall–Kier alpha value is -2.83. The summed E-state index contributed by atoms with van der Waals surface area (Å²) >= 11 is 1.54. The molecule has 2 saturated heterocycles. The van der Waals surface area contributed by atoms with Crippen LogP contribution in [0.15, 0.2) is 30.5 Å². The highest BCUT2D eigenvalue weighted by Crippen LogP contribution is 2.26. The van der Waals surface area contributed by atoms with Crippen LogP contribution in [-0.2, 0) is 9.53 Å². The second-order valence-corrected chi connectivity index (χ2v) is 8.72. The van der Waals surface area contributed by atoms with Gasteiger partial charge in [0.1, 0.15) is 6.04 Å². The molecule has 2 aliphatic heterocycles. The SMILES string of the molecule is C[C@H]1COCCCN1c1ccc2nccc(C(=O)NCC(=O)N3CSC[C@H]3C#N)c2c1. The number of hydrogen-bond acceptors (Lipinski definition) is 7. The minimum Gasteiger partial charge on any atom is -0.379 e. The molecule has 1 aromatic heterocycles. The van der Waals surface area contributed by atoms with E-state index in [-0.39, 0.29) is 24.4 Å². The number of benzene rings is 1. The van der Waals surface area contributed by atoms with E-state index in [0.29, 0.717) is 23.8 Å². The number of nitrogens with one attached hydrogen (secondary N) is 1. The standard InChI is InChI=1S/C22H25N5O3S/c1-15-12-30-8-2-7-26(15)16-3-4-20-19(9-16)18(5-6-24-20)22(29)25-11-21(28)27-14-31-13-17(27)10-23/h3-6,9,15,17H,2,7-8,11-14H2,1H3,(H,25,29)/t15-,17+/m0/s1. The molecule has 0 spiro atoms. The molecule has 0 bridgehead atoms. The second kappa shape index (κ2) is 9.54. The number of amides is 2. The number of thioether (sulfide) groups is 1. The van der Waals surface area contributed by atoms with Gasteiger partial charge in [0.25, 0.3) is 5.91 Å². The maximum Gasteiger partial charge on any atom is 0.252 e. The molecular weight excluding hydrogens is 414 g/mol. The van der Waals surface area contributed by atoms with Gasteiger partial charge in [-0.2, -0.15) is 5.26 Å². The van der Waals surface area contributed by atoms with Crippen molar-refractivity contribution in [2.24, 2.45) is 0 Å². The second-order valence-electron chi connectivity index (χ2n) is 7.72. The van der Waals surface area contributed by atoms with Gasteiger partial charge in [-0.3, -0.25) is 14.6 Å². The number of carbonyl (C=O) groups excluding carboxylic acids is 2. The van der Waals surface area contributed by atoms with Crippen LogP contribution < -0.4 is 10.2 Å². The predicted octanol–water partition coefficient (Wildman–Crippen LogP) is 2.00. The molecule has 3 heterocycles. The number of carbonyl (C=O) groups is 2. The molecule has 1 aromatic carbocycles. The van der Waals surface area contributed by atoms with Crippen LogP contribution in [-0.4, -0.2) is 71.7 Å². The predicted molar refractivity (Wildman–Crippen MR) is 120 cm³/mol. The molecular formula is C22H25N5O3S. The van der Waals surface area contributed by atoms with E-state index in [2.05, 4.69) is 28.2 Å². The quantitative estimate of drug-likeness (QED) is 0.778. The fourth-order valence-corrected chi connectivity index (χ4v) is 5.05. The first-order valence-electron chi connectivity index (χ1n) is 10.4. The molecule has 0 radical (unpaired) electrons. The molecule has 0 saturated carbocycles. The lowest BCUT2D eigenvalue weighted by Crippen LogP contribution is -2.42. The van der Waals surface area contributed by atoms with Crippen LogP contribution in [0.1, 0.15) is 23.7 Å². The Balaban J connectivity index is 1.53. The van der Waals surface area contributed by atoms with Gasteiger partial charge >= 0.3 is 0 Å². The molecule has 1 N–H and O–H groups in total. The lowest BCUT2D eigenvalue weighted by Gasteiger charge is -2.29. The zero-order chi connectivity index (χ0) is 21.8. The highest BCUT2D eigenvalue weighted by atomic mass is 32.2. The maximum absolute atomic E-state index is 12.9. The van der Waals surface area contributed by atoms with E-state index in [1.165, 1.54) is 4.90 Å². The molecule has 2 amide bonds. The molecule has 0 aliphatic carbocycles. The molecule has 2 aliphatic rings. The van der Waals surface area contributed by atoms with Crippen molar-refractivity contribution >= 4 is 40.2 Å². The van der Waals surface area contributed by atoms with E-state index in [0.717, 1.165) is 36.2 Å². The van der Waals surface area contributed by atoms with Crippen molar-refractivity contribution in [1.82, 2.24) is 15.2 Å². The first-order chi connectivity index (χ1) is 15.1. The molecule has 2 fully saturated rings. The molecule has 8 nitrogen and oxygen atoms in total. The van der Waals surface area contributed by atoms with Crippen LogP contribution in [0.5, 0.6) is 0 Å². The number of nitriles is 1. The Morgan fingerprint density at radius 3 is 3.10 bits per heavy atom. The summed E-state index contributed by atoms with van der Waals surface area (Å²) in [6, 6.07) is 9.54. The number of ether oxygens (including phenoxy) is 1.